The van der Waals surface area contributed by atoms with Crippen LogP contribution in [0.3, 0.4) is 0 Å². The van der Waals surface area contributed by atoms with E-state index >= 15 is 0 Å². The number of hydrogen-bond donors (Lipinski definition) is 2. The molecule has 2 fully saturated rings. The second-order valence-electron chi connectivity index (χ2n) is 7.19. The fourth-order valence-electron chi connectivity index (χ4n) is 3.53. The molecule has 2 heterocycles. The molecule has 0 aromatic carbocycles. The normalized spacial score (nSPS) is 24.2. The van der Waals surface area contributed by atoms with Crippen LogP contribution in [0.1, 0.15) is 51.7 Å². The predicted octanol–water partition coefficient (Wildman–Crippen LogP) is 3.40. The lowest BCUT2D eigenvalue weighted by molar-refractivity contribution is 0.256. The number of hydrogen-bond acceptors (Lipinski definition) is 3. The fourth-order valence-corrected chi connectivity index (χ4v) is 3.53. The van der Waals surface area contributed by atoms with E-state index < -0.39 is 0 Å². The van der Waals surface area contributed by atoms with Crippen molar-refractivity contribution < 1.29 is 4.42 Å². The summed E-state index contributed by atoms with van der Waals surface area (Å²) in [5.74, 6) is 1.98. The SMILES string of the molecule is CCCCN=C(NCCc1ccco1)NC1CC(C)N(C2CC2)C1.I. The Kier molecular flexibility index (Phi) is 8.55. The number of rotatable bonds is 8. The number of nitrogens with one attached hydrogen (secondary N) is 2. The maximum Gasteiger partial charge on any atom is 0.191 e. The molecule has 25 heavy (non-hydrogen) atoms. The summed E-state index contributed by atoms with van der Waals surface area (Å²) in [4.78, 5) is 7.42. The van der Waals surface area contributed by atoms with Crippen molar-refractivity contribution in [1.82, 2.24) is 15.5 Å². The van der Waals surface area contributed by atoms with Crippen LogP contribution in [0, 0.1) is 0 Å². The third-order valence-electron chi connectivity index (χ3n) is 5.01. The second-order valence-corrected chi connectivity index (χ2v) is 7.19. The molecule has 1 aliphatic carbocycles. The Balaban J connectivity index is 0.00000225. The van der Waals surface area contributed by atoms with Crippen LogP contribution in [0.4, 0.5) is 0 Å². The summed E-state index contributed by atoms with van der Waals surface area (Å²) >= 11 is 0. The van der Waals surface area contributed by atoms with Crippen LogP contribution in [0.15, 0.2) is 27.8 Å². The van der Waals surface area contributed by atoms with E-state index in [1.165, 1.54) is 25.7 Å². The molecule has 1 saturated carbocycles. The first-order valence-electron chi connectivity index (χ1n) is 9.59. The topological polar surface area (TPSA) is 52.8 Å². The van der Waals surface area contributed by atoms with Gasteiger partial charge in [0, 0.05) is 44.2 Å². The van der Waals surface area contributed by atoms with Gasteiger partial charge < -0.3 is 15.1 Å². The van der Waals surface area contributed by atoms with Crippen molar-refractivity contribution in [1.29, 1.82) is 0 Å². The lowest BCUT2D eigenvalue weighted by Crippen LogP contribution is -2.45. The van der Waals surface area contributed by atoms with Crippen molar-refractivity contribution in [3.63, 3.8) is 0 Å². The van der Waals surface area contributed by atoms with E-state index in [2.05, 4.69) is 29.4 Å². The quantitative estimate of drug-likeness (QED) is 0.270. The maximum atomic E-state index is 5.40. The van der Waals surface area contributed by atoms with E-state index in [9.17, 15) is 0 Å². The molecule has 5 nitrogen and oxygen atoms in total. The molecule has 0 amide bonds. The Morgan fingerprint density at radius 1 is 1.40 bits per heavy atom. The molecular weight excluding hydrogens is 427 g/mol. The summed E-state index contributed by atoms with van der Waals surface area (Å²) in [6, 6.07) is 6.01. The van der Waals surface area contributed by atoms with Gasteiger partial charge in [-0.3, -0.25) is 9.89 Å². The molecule has 6 heteroatoms. The first-order chi connectivity index (χ1) is 11.8. The number of halogens is 1. The van der Waals surface area contributed by atoms with Crippen molar-refractivity contribution >= 4 is 29.9 Å². The van der Waals surface area contributed by atoms with Gasteiger partial charge in [0.25, 0.3) is 0 Å². The lowest BCUT2D eigenvalue weighted by atomic mass is 10.2. The van der Waals surface area contributed by atoms with E-state index in [1.54, 1.807) is 6.26 Å². The molecule has 2 N–H and O–H groups in total. The van der Waals surface area contributed by atoms with Gasteiger partial charge >= 0.3 is 0 Å². The molecule has 1 aromatic rings. The Labute approximate surface area is 169 Å². The van der Waals surface area contributed by atoms with Gasteiger partial charge in [-0.1, -0.05) is 13.3 Å². The molecule has 2 atom stereocenters. The zero-order chi connectivity index (χ0) is 16.8. The van der Waals surface area contributed by atoms with E-state index in [-0.39, 0.29) is 24.0 Å². The standard InChI is InChI=1S/C19H32N4O.HI/c1-3-4-10-20-19(21-11-9-18-6-5-12-24-18)22-16-13-15(2)23(14-16)17-7-8-17;/h5-6,12,15-17H,3-4,7-11,13-14H2,1-2H3,(H2,20,21,22);1H. The number of unbranched alkanes of at least 4 members (excludes halogenated alkanes) is 1. The van der Waals surface area contributed by atoms with Crippen LogP contribution >= 0.6 is 24.0 Å². The average molecular weight is 460 g/mol. The highest BCUT2D eigenvalue weighted by Crippen LogP contribution is 2.33. The van der Waals surface area contributed by atoms with E-state index in [4.69, 9.17) is 9.41 Å². The first-order valence-corrected chi connectivity index (χ1v) is 9.59. The Bertz CT molecular complexity index is 516. The number of likely N-dealkylation sites (tertiary alicyclic amines) is 1. The largest absolute Gasteiger partial charge is 0.469 e. The molecule has 1 saturated heterocycles. The molecule has 0 bridgehead atoms. The molecule has 0 radical (unpaired) electrons. The summed E-state index contributed by atoms with van der Waals surface area (Å²) in [7, 11) is 0. The molecule has 1 aliphatic heterocycles. The number of guanidine groups is 1. The summed E-state index contributed by atoms with van der Waals surface area (Å²) in [5, 5.41) is 7.14. The summed E-state index contributed by atoms with van der Waals surface area (Å²) in [6.07, 6.45) is 8.92. The van der Waals surface area contributed by atoms with Crippen molar-refractivity contribution in [3.8, 4) is 0 Å². The van der Waals surface area contributed by atoms with Crippen molar-refractivity contribution in [2.45, 2.75) is 70.5 Å². The zero-order valence-corrected chi connectivity index (χ0v) is 17.9. The molecule has 0 spiro atoms. The van der Waals surface area contributed by atoms with Crippen LogP contribution in [-0.4, -0.2) is 48.6 Å². The van der Waals surface area contributed by atoms with Gasteiger partial charge in [0.05, 0.1) is 6.26 Å². The molecule has 3 rings (SSSR count). The predicted molar refractivity (Wildman–Crippen MR) is 114 cm³/mol. The van der Waals surface area contributed by atoms with E-state index in [1.807, 2.05) is 12.1 Å². The highest BCUT2D eigenvalue weighted by molar-refractivity contribution is 14.0. The molecule has 1 aromatic heterocycles. The minimum Gasteiger partial charge on any atom is -0.469 e. The van der Waals surface area contributed by atoms with Crippen molar-refractivity contribution in [2.24, 2.45) is 4.99 Å². The van der Waals surface area contributed by atoms with Crippen LogP contribution in [0.5, 0.6) is 0 Å². The van der Waals surface area contributed by atoms with Gasteiger partial charge in [0.1, 0.15) is 5.76 Å². The van der Waals surface area contributed by atoms with Crippen LogP contribution < -0.4 is 10.6 Å². The third kappa shape index (κ3) is 6.47. The van der Waals surface area contributed by atoms with Gasteiger partial charge in [0.15, 0.2) is 5.96 Å². The molecular formula is C19H33IN4O. The Morgan fingerprint density at radius 2 is 2.24 bits per heavy atom. The van der Waals surface area contributed by atoms with Gasteiger partial charge in [0.2, 0.25) is 0 Å². The minimum atomic E-state index is 0. The fraction of sp³-hybridized carbons (Fsp3) is 0.737. The average Bonchev–Trinajstić information content (AvgIpc) is 3.15. The van der Waals surface area contributed by atoms with Gasteiger partial charge in [-0.05, 0) is 44.7 Å². The van der Waals surface area contributed by atoms with Gasteiger partial charge in [-0.15, -0.1) is 24.0 Å². The number of aliphatic imine (C=N–C) groups is 1. The van der Waals surface area contributed by atoms with Gasteiger partial charge in [-0.2, -0.15) is 0 Å². The number of furan rings is 1. The van der Waals surface area contributed by atoms with Crippen LogP contribution in [-0.2, 0) is 6.42 Å². The summed E-state index contributed by atoms with van der Waals surface area (Å²) in [5.41, 5.74) is 0. The second kappa shape index (κ2) is 10.4. The minimum absolute atomic E-state index is 0. The van der Waals surface area contributed by atoms with Crippen molar-refractivity contribution in [3.05, 3.63) is 24.2 Å². The van der Waals surface area contributed by atoms with Crippen LogP contribution in [0.2, 0.25) is 0 Å². The van der Waals surface area contributed by atoms with Gasteiger partial charge in [-0.25, -0.2) is 0 Å². The highest BCUT2D eigenvalue weighted by atomic mass is 127. The Morgan fingerprint density at radius 3 is 2.92 bits per heavy atom. The first kappa shape index (κ1) is 20.6. The third-order valence-corrected chi connectivity index (χ3v) is 5.01. The molecule has 2 unspecified atom stereocenters. The summed E-state index contributed by atoms with van der Waals surface area (Å²) in [6.45, 7) is 7.46. The lowest BCUT2D eigenvalue weighted by Gasteiger charge is -2.20. The van der Waals surface area contributed by atoms with Crippen molar-refractivity contribution in [2.75, 3.05) is 19.6 Å². The smallest absolute Gasteiger partial charge is 0.191 e. The molecule has 2 aliphatic rings. The zero-order valence-electron chi connectivity index (χ0n) is 15.5. The van der Waals surface area contributed by atoms with Crippen LogP contribution in [0.25, 0.3) is 0 Å². The number of nitrogens with zero attached hydrogens (tertiary/aromatic N) is 2. The molecule has 142 valence electrons. The monoisotopic (exact) mass is 460 g/mol. The van der Waals surface area contributed by atoms with E-state index in [0.29, 0.717) is 12.1 Å². The van der Waals surface area contributed by atoms with E-state index in [0.717, 1.165) is 50.2 Å². The highest BCUT2D eigenvalue weighted by Gasteiger charge is 2.38. The summed E-state index contributed by atoms with van der Waals surface area (Å²) < 4.78 is 5.40. The maximum absolute atomic E-state index is 5.40. The Hall–Kier alpha value is -0.760.